The molecule has 2 aromatic rings. The molecular formula is C14H20N6O2. The molecule has 118 valence electrons. The highest BCUT2D eigenvalue weighted by molar-refractivity contribution is 6.02. The van der Waals surface area contributed by atoms with Crippen molar-refractivity contribution in [2.75, 3.05) is 11.9 Å². The van der Waals surface area contributed by atoms with E-state index in [-0.39, 0.29) is 18.4 Å². The Morgan fingerprint density at radius 3 is 2.77 bits per heavy atom. The number of anilines is 1. The molecule has 2 N–H and O–H groups in total. The molecule has 8 heteroatoms. The summed E-state index contributed by atoms with van der Waals surface area (Å²) in [7, 11) is 1.66. The van der Waals surface area contributed by atoms with Gasteiger partial charge in [0.1, 0.15) is 12.2 Å². The van der Waals surface area contributed by atoms with E-state index in [1.165, 1.54) is 15.6 Å². The molecule has 22 heavy (non-hydrogen) atoms. The minimum absolute atomic E-state index is 0.0821. The number of aryl methyl sites for hydroxylation is 2. The highest BCUT2D eigenvalue weighted by Crippen LogP contribution is 2.14. The second-order valence-electron chi connectivity index (χ2n) is 4.99. The smallest absolute Gasteiger partial charge is 0.271 e. The first-order valence-corrected chi connectivity index (χ1v) is 7.11. The third-order valence-corrected chi connectivity index (χ3v) is 3.04. The lowest BCUT2D eigenvalue weighted by atomic mass is 10.3. The van der Waals surface area contributed by atoms with Crippen LogP contribution in [0.4, 0.5) is 5.69 Å². The molecule has 2 rings (SSSR count). The number of rotatable bonds is 6. The molecule has 2 heterocycles. The Hall–Kier alpha value is -2.64. The average Bonchev–Trinajstić information content (AvgIpc) is 3.02. The molecule has 0 bridgehead atoms. The van der Waals surface area contributed by atoms with Crippen LogP contribution >= 0.6 is 0 Å². The summed E-state index contributed by atoms with van der Waals surface area (Å²) in [6, 6.07) is 1.82. The molecule has 0 saturated heterocycles. The lowest BCUT2D eigenvalue weighted by Gasteiger charge is -2.08. The second-order valence-corrected chi connectivity index (χ2v) is 4.99. The number of hydrogen-bond donors (Lipinski definition) is 2. The van der Waals surface area contributed by atoms with Gasteiger partial charge in [0.2, 0.25) is 5.91 Å². The van der Waals surface area contributed by atoms with E-state index < -0.39 is 0 Å². The fourth-order valence-electron chi connectivity index (χ4n) is 2.01. The molecule has 0 spiro atoms. The maximum absolute atomic E-state index is 12.1. The van der Waals surface area contributed by atoms with Crippen molar-refractivity contribution in [3.05, 3.63) is 29.8 Å². The van der Waals surface area contributed by atoms with Crippen molar-refractivity contribution >= 4 is 17.5 Å². The second kappa shape index (κ2) is 6.88. The van der Waals surface area contributed by atoms with Gasteiger partial charge in [-0.05, 0) is 19.4 Å². The average molecular weight is 304 g/mol. The van der Waals surface area contributed by atoms with Gasteiger partial charge in [0, 0.05) is 19.8 Å². The summed E-state index contributed by atoms with van der Waals surface area (Å²) in [6.45, 7) is 4.48. The van der Waals surface area contributed by atoms with Crippen molar-refractivity contribution in [2.24, 2.45) is 7.05 Å². The van der Waals surface area contributed by atoms with E-state index in [2.05, 4.69) is 20.8 Å². The highest BCUT2D eigenvalue weighted by atomic mass is 16.2. The van der Waals surface area contributed by atoms with Crippen LogP contribution in [-0.2, 0) is 18.4 Å². The molecule has 8 nitrogen and oxygen atoms in total. The van der Waals surface area contributed by atoms with Gasteiger partial charge >= 0.3 is 0 Å². The Morgan fingerprint density at radius 1 is 1.36 bits per heavy atom. The van der Waals surface area contributed by atoms with Crippen molar-refractivity contribution in [1.29, 1.82) is 0 Å². The van der Waals surface area contributed by atoms with E-state index in [9.17, 15) is 9.59 Å². The molecule has 2 aromatic heterocycles. The zero-order chi connectivity index (χ0) is 16.1. The van der Waals surface area contributed by atoms with Crippen molar-refractivity contribution in [1.82, 2.24) is 24.9 Å². The number of nitrogens with zero attached hydrogens (tertiary/aromatic N) is 4. The maximum Gasteiger partial charge on any atom is 0.271 e. The number of aromatic nitrogens is 4. The zero-order valence-electron chi connectivity index (χ0n) is 13.0. The molecular weight excluding hydrogens is 284 g/mol. The van der Waals surface area contributed by atoms with Crippen LogP contribution < -0.4 is 10.6 Å². The maximum atomic E-state index is 12.1. The normalized spacial score (nSPS) is 10.5. The van der Waals surface area contributed by atoms with Crippen LogP contribution in [0.5, 0.6) is 0 Å². The lowest BCUT2D eigenvalue weighted by molar-refractivity contribution is -0.116. The molecule has 0 radical (unpaired) electrons. The lowest BCUT2D eigenvalue weighted by Crippen LogP contribution is -2.28. The SMILES string of the molecule is CCCNC(=O)c1c(NC(=O)Cn2ccc(C)n2)cnn1C. The zero-order valence-corrected chi connectivity index (χ0v) is 13.0. The van der Waals surface area contributed by atoms with Crippen LogP contribution in [-0.4, -0.2) is 37.9 Å². The van der Waals surface area contributed by atoms with Crippen LogP contribution in [0.3, 0.4) is 0 Å². The molecule has 0 aliphatic heterocycles. The minimum Gasteiger partial charge on any atom is -0.351 e. The first-order chi connectivity index (χ1) is 10.5. The fraction of sp³-hybridized carbons (Fsp3) is 0.429. The van der Waals surface area contributed by atoms with Crippen LogP contribution in [0.15, 0.2) is 18.5 Å². The summed E-state index contributed by atoms with van der Waals surface area (Å²) in [4.78, 5) is 24.2. The van der Waals surface area contributed by atoms with E-state index in [1.54, 1.807) is 13.2 Å². The predicted octanol–water partition coefficient (Wildman–Crippen LogP) is 0.704. The first-order valence-electron chi connectivity index (χ1n) is 7.11. The van der Waals surface area contributed by atoms with Crippen LogP contribution in [0, 0.1) is 6.92 Å². The van der Waals surface area contributed by atoms with Gasteiger partial charge in [-0.25, -0.2) is 0 Å². The first kappa shape index (κ1) is 15.7. The van der Waals surface area contributed by atoms with Crippen molar-refractivity contribution < 1.29 is 9.59 Å². The predicted molar refractivity (Wildman–Crippen MR) is 81.4 cm³/mol. The largest absolute Gasteiger partial charge is 0.351 e. The third kappa shape index (κ3) is 3.72. The Morgan fingerprint density at radius 2 is 2.14 bits per heavy atom. The molecule has 0 saturated carbocycles. The van der Waals surface area contributed by atoms with Crippen molar-refractivity contribution in [3.63, 3.8) is 0 Å². The van der Waals surface area contributed by atoms with E-state index in [0.29, 0.717) is 17.9 Å². The van der Waals surface area contributed by atoms with Crippen molar-refractivity contribution in [3.8, 4) is 0 Å². The number of amides is 2. The standard InChI is InChI=1S/C14H20N6O2/c1-4-6-15-14(22)13-11(8-16-19(13)3)17-12(21)9-20-7-5-10(2)18-20/h5,7-8H,4,6,9H2,1-3H3,(H,15,22)(H,17,21). The van der Waals surface area contributed by atoms with Crippen LogP contribution in [0.2, 0.25) is 0 Å². The van der Waals surface area contributed by atoms with Gasteiger partial charge in [0.15, 0.2) is 0 Å². The molecule has 0 atom stereocenters. The van der Waals surface area contributed by atoms with Crippen LogP contribution in [0.25, 0.3) is 0 Å². The van der Waals surface area contributed by atoms with Gasteiger partial charge in [0.05, 0.1) is 17.6 Å². The summed E-state index contributed by atoms with van der Waals surface area (Å²) in [5, 5.41) is 13.7. The Kier molecular flexibility index (Phi) is 4.92. The van der Waals surface area contributed by atoms with Gasteiger partial charge in [0.25, 0.3) is 5.91 Å². The monoisotopic (exact) mass is 304 g/mol. The summed E-state index contributed by atoms with van der Waals surface area (Å²) in [5.41, 5.74) is 1.57. The number of carbonyl (C=O) groups excluding carboxylic acids is 2. The van der Waals surface area contributed by atoms with Gasteiger partial charge < -0.3 is 10.6 Å². The van der Waals surface area contributed by atoms with Gasteiger partial charge in [-0.2, -0.15) is 10.2 Å². The topological polar surface area (TPSA) is 93.8 Å². The molecule has 0 aromatic carbocycles. The highest BCUT2D eigenvalue weighted by Gasteiger charge is 2.18. The Balaban J connectivity index is 2.06. The molecule has 0 aliphatic carbocycles. The summed E-state index contributed by atoms with van der Waals surface area (Å²) >= 11 is 0. The van der Waals surface area contributed by atoms with E-state index >= 15 is 0 Å². The van der Waals surface area contributed by atoms with E-state index in [0.717, 1.165) is 12.1 Å². The fourth-order valence-corrected chi connectivity index (χ4v) is 2.01. The van der Waals surface area contributed by atoms with E-state index in [1.807, 2.05) is 19.9 Å². The van der Waals surface area contributed by atoms with Crippen LogP contribution in [0.1, 0.15) is 29.5 Å². The molecule has 2 amide bonds. The molecule has 0 fully saturated rings. The number of hydrogen-bond acceptors (Lipinski definition) is 4. The summed E-state index contributed by atoms with van der Waals surface area (Å²) in [5.74, 6) is -0.521. The van der Waals surface area contributed by atoms with Crippen molar-refractivity contribution in [2.45, 2.75) is 26.8 Å². The minimum atomic E-state index is -0.263. The third-order valence-electron chi connectivity index (χ3n) is 3.04. The quantitative estimate of drug-likeness (QED) is 0.821. The Labute approximate surface area is 128 Å². The summed E-state index contributed by atoms with van der Waals surface area (Å²) < 4.78 is 2.98. The molecule has 0 aliphatic rings. The molecule has 0 unspecified atom stereocenters. The van der Waals surface area contributed by atoms with E-state index in [4.69, 9.17) is 0 Å². The number of carbonyl (C=O) groups is 2. The van der Waals surface area contributed by atoms with Gasteiger partial charge in [-0.15, -0.1) is 0 Å². The number of nitrogens with one attached hydrogen (secondary N) is 2. The summed E-state index contributed by atoms with van der Waals surface area (Å²) in [6.07, 6.45) is 4.03. The Bertz CT molecular complexity index is 673. The van der Waals surface area contributed by atoms with Gasteiger partial charge in [-0.3, -0.25) is 19.0 Å². The van der Waals surface area contributed by atoms with Gasteiger partial charge in [-0.1, -0.05) is 6.92 Å².